The maximum Gasteiger partial charge on any atom is 0.233 e. The van der Waals surface area contributed by atoms with Crippen LogP contribution in [0.4, 0.5) is 0 Å². The second-order valence-electron chi connectivity index (χ2n) is 6.90. The average Bonchev–Trinajstić information content (AvgIpc) is 3.19. The fraction of sp³-hybridized carbons (Fsp3) is 0.273. The number of nitrogens with zero attached hydrogens (tertiary/aromatic N) is 2. The van der Waals surface area contributed by atoms with E-state index in [9.17, 15) is 4.79 Å². The molecule has 0 radical (unpaired) electrons. The molecule has 1 aromatic heterocycles. The molecular formula is C22H23N3O2S. The van der Waals surface area contributed by atoms with E-state index >= 15 is 0 Å². The van der Waals surface area contributed by atoms with Crippen LogP contribution in [0.2, 0.25) is 0 Å². The molecule has 1 saturated heterocycles. The van der Waals surface area contributed by atoms with Crippen molar-refractivity contribution in [1.29, 1.82) is 0 Å². The molecule has 0 saturated carbocycles. The number of nitrogens with one attached hydrogen (secondary N) is 1. The maximum absolute atomic E-state index is 12.6. The van der Waals surface area contributed by atoms with Crippen molar-refractivity contribution >= 4 is 17.9 Å². The zero-order valence-corrected chi connectivity index (χ0v) is 16.6. The molecule has 144 valence electrons. The first-order chi connectivity index (χ1) is 13.7. The van der Waals surface area contributed by atoms with Crippen LogP contribution in [0.1, 0.15) is 30.3 Å². The number of imidazole rings is 1. The number of carbonyl (C=O) groups excluding carboxylic acids is 1. The second kappa shape index (κ2) is 8.63. The van der Waals surface area contributed by atoms with Crippen LogP contribution in [0.5, 0.6) is 0 Å². The average molecular weight is 394 g/mol. The van der Waals surface area contributed by atoms with Crippen LogP contribution in [0, 0.1) is 12.8 Å². The van der Waals surface area contributed by atoms with Gasteiger partial charge in [-0.25, -0.2) is 4.98 Å². The highest BCUT2D eigenvalue weighted by Gasteiger charge is 2.28. The predicted octanol–water partition coefficient (Wildman–Crippen LogP) is 4.47. The van der Waals surface area contributed by atoms with Gasteiger partial charge in [0.15, 0.2) is 0 Å². The highest BCUT2D eigenvalue weighted by Crippen LogP contribution is 2.32. The molecule has 5 nitrogen and oxygen atoms in total. The molecule has 0 aliphatic carbocycles. The van der Waals surface area contributed by atoms with Crippen LogP contribution in [-0.2, 0) is 9.53 Å². The van der Waals surface area contributed by atoms with E-state index in [2.05, 4.69) is 21.8 Å². The summed E-state index contributed by atoms with van der Waals surface area (Å²) >= 11 is 1.36. The lowest BCUT2D eigenvalue weighted by molar-refractivity contribution is -0.128. The monoisotopic (exact) mass is 393 g/mol. The highest BCUT2D eigenvalue weighted by molar-refractivity contribution is 7.98. The molecular weight excluding hydrogens is 370 g/mol. The van der Waals surface area contributed by atoms with Crippen molar-refractivity contribution in [3.63, 3.8) is 0 Å². The summed E-state index contributed by atoms with van der Waals surface area (Å²) in [7, 11) is 0. The van der Waals surface area contributed by atoms with E-state index < -0.39 is 0 Å². The van der Waals surface area contributed by atoms with Crippen molar-refractivity contribution in [3.8, 4) is 5.69 Å². The molecule has 3 aromatic rings. The zero-order valence-electron chi connectivity index (χ0n) is 15.7. The maximum atomic E-state index is 12.6. The van der Waals surface area contributed by atoms with Crippen LogP contribution < -0.4 is 4.72 Å². The number of carbonyl (C=O) groups is 1. The lowest BCUT2D eigenvalue weighted by Gasteiger charge is -2.29. The molecule has 2 atom stereocenters. The third kappa shape index (κ3) is 4.29. The van der Waals surface area contributed by atoms with E-state index in [1.807, 2.05) is 60.2 Å². The molecule has 2 unspecified atom stereocenters. The summed E-state index contributed by atoms with van der Waals surface area (Å²) in [5.41, 5.74) is 2.19. The third-order valence-electron chi connectivity index (χ3n) is 5.04. The molecule has 2 aromatic carbocycles. The van der Waals surface area contributed by atoms with Crippen molar-refractivity contribution < 1.29 is 9.53 Å². The van der Waals surface area contributed by atoms with Crippen LogP contribution in [0.15, 0.2) is 71.9 Å². The van der Waals surface area contributed by atoms with Gasteiger partial charge >= 0.3 is 0 Å². The van der Waals surface area contributed by atoms with Gasteiger partial charge in [-0.2, -0.15) is 0 Å². The summed E-state index contributed by atoms with van der Waals surface area (Å²) < 4.78 is 10.9. The summed E-state index contributed by atoms with van der Waals surface area (Å²) in [5, 5.41) is 0. The molecule has 1 fully saturated rings. The minimum Gasteiger partial charge on any atom is -0.373 e. The van der Waals surface area contributed by atoms with E-state index in [4.69, 9.17) is 4.74 Å². The Bertz CT molecular complexity index is 924. The van der Waals surface area contributed by atoms with Gasteiger partial charge in [-0.05, 0) is 61.5 Å². The van der Waals surface area contributed by atoms with Gasteiger partial charge in [-0.1, -0.05) is 30.3 Å². The fourth-order valence-electron chi connectivity index (χ4n) is 3.45. The van der Waals surface area contributed by atoms with Crippen molar-refractivity contribution in [2.75, 3.05) is 6.61 Å². The summed E-state index contributed by atoms with van der Waals surface area (Å²) in [6.45, 7) is 2.58. The summed E-state index contributed by atoms with van der Waals surface area (Å²) in [4.78, 5) is 17.9. The molecule has 0 bridgehead atoms. The molecule has 1 aliphatic heterocycles. The Balaban J connectivity index is 1.33. The summed E-state index contributed by atoms with van der Waals surface area (Å²) in [5.74, 6) is 0.990. The molecule has 1 amide bonds. The van der Waals surface area contributed by atoms with Crippen LogP contribution in [0.3, 0.4) is 0 Å². The van der Waals surface area contributed by atoms with E-state index in [0.717, 1.165) is 34.8 Å². The van der Waals surface area contributed by atoms with E-state index in [0.29, 0.717) is 6.61 Å². The number of hydrogen-bond acceptors (Lipinski definition) is 4. The molecule has 6 heteroatoms. The van der Waals surface area contributed by atoms with Crippen molar-refractivity contribution in [2.45, 2.75) is 30.8 Å². The minimum absolute atomic E-state index is 0.00611. The number of ether oxygens (including phenoxy) is 1. The Hall–Kier alpha value is -2.57. The lowest BCUT2D eigenvalue weighted by Crippen LogP contribution is -2.32. The smallest absolute Gasteiger partial charge is 0.233 e. The Morgan fingerprint density at radius 2 is 1.96 bits per heavy atom. The zero-order chi connectivity index (χ0) is 19.3. The van der Waals surface area contributed by atoms with Crippen molar-refractivity contribution in [2.24, 2.45) is 5.92 Å². The predicted molar refractivity (Wildman–Crippen MR) is 110 cm³/mol. The second-order valence-corrected chi connectivity index (χ2v) is 7.78. The topological polar surface area (TPSA) is 56.2 Å². The Labute approximate surface area is 169 Å². The van der Waals surface area contributed by atoms with Crippen LogP contribution in [-0.4, -0.2) is 22.1 Å². The lowest BCUT2D eigenvalue weighted by atomic mass is 9.91. The number of hydrogen-bond donors (Lipinski definition) is 1. The largest absolute Gasteiger partial charge is 0.373 e. The molecule has 4 rings (SSSR count). The molecule has 1 N–H and O–H groups in total. The van der Waals surface area contributed by atoms with Gasteiger partial charge in [-0.15, -0.1) is 0 Å². The standard InChI is InChI=1S/C22H23N3O2S/c1-16-23-12-13-25(16)19-7-9-20(10-8-19)28-24-22(26)18-11-14-27-21(15-18)17-5-3-2-4-6-17/h2-10,12-13,18,21H,11,14-15H2,1H3,(H,24,26). The fourth-order valence-corrected chi connectivity index (χ4v) is 4.11. The van der Waals surface area contributed by atoms with Crippen molar-refractivity contribution in [1.82, 2.24) is 14.3 Å². The number of amides is 1. The number of aryl methyl sites for hydroxylation is 1. The van der Waals surface area contributed by atoms with Crippen LogP contribution in [0.25, 0.3) is 5.69 Å². The van der Waals surface area contributed by atoms with Gasteiger partial charge in [0.25, 0.3) is 0 Å². The number of rotatable bonds is 5. The SMILES string of the molecule is Cc1nccn1-c1ccc(SNC(=O)C2CCOC(c3ccccc3)C2)cc1. The summed E-state index contributed by atoms with van der Waals surface area (Å²) in [6, 6.07) is 18.2. The van der Waals surface area contributed by atoms with Gasteiger partial charge in [-0.3, -0.25) is 9.52 Å². The normalized spacial score (nSPS) is 19.3. The molecule has 2 heterocycles. The first kappa shape index (κ1) is 18.8. The van der Waals surface area contributed by atoms with E-state index in [-0.39, 0.29) is 17.9 Å². The number of aromatic nitrogens is 2. The quantitative estimate of drug-likeness (QED) is 0.650. The van der Waals surface area contributed by atoms with Gasteiger partial charge in [0.1, 0.15) is 5.82 Å². The van der Waals surface area contributed by atoms with Gasteiger partial charge in [0.2, 0.25) is 5.91 Å². The molecule has 1 aliphatic rings. The third-order valence-corrected chi connectivity index (χ3v) is 5.85. The van der Waals surface area contributed by atoms with Gasteiger partial charge in [0.05, 0.1) is 6.10 Å². The van der Waals surface area contributed by atoms with Crippen molar-refractivity contribution in [3.05, 3.63) is 78.4 Å². The Morgan fingerprint density at radius 1 is 1.18 bits per heavy atom. The Kier molecular flexibility index (Phi) is 5.78. The number of benzene rings is 2. The van der Waals surface area contributed by atoms with Gasteiger partial charge < -0.3 is 9.30 Å². The van der Waals surface area contributed by atoms with E-state index in [1.54, 1.807) is 6.20 Å². The first-order valence-electron chi connectivity index (χ1n) is 9.44. The summed E-state index contributed by atoms with van der Waals surface area (Å²) in [6.07, 6.45) is 5.19. The first-order valence-corrected chi connectivity index (χ1v) is 10.3. The Morgan fingerprint density at radius 3 is 2.68 bits per heavy atom. The molecule has 28 heavy (non-hydrogen) atoms. The van der Waals surface area contributed by atoms with E-state index in [1.165, 1.54) is 11.9 Å². The van der Waals surface area contributed by atoms with Crippen LogP contribution >= 0.6 is 11.9 Å². The highest BCUT2D eigenvalue weighted by atomic mass is 32.2. The molecule has 0 spiro atoms. The minimum atomic E-state index is -0.0284. The van der Waals surface area contributed by atoms with Gasteiger partial charge in [0, 0.05) is 35.5 Å².